The highest BCUT2D eigenvalue weighted by atomic mass is 16.7. The van der Waals surface area contributed by atoms with E-state index in [1.807, 2.05) is 0 Å². The molecule has 0 spiro atoms. The van der Waals surface area contributed by atoms with E-state index < -0.39 is 26.4 Å². The van der Waals surface area contributed by atoms with E-state index >= 15 is 0 Å². The van der Waals surface area contributed by atoms with E-state index in [-0.39, 0.29) is 10.5 Å². The summed E-state index contributed by atoms with van der Waals surface area (Å²) >= 11 is 0. The highest BCUT2D eigenvalue weighted by molar-refractivity contribution is 5.50. The first kappa shape index (κ1) is 10.5. The standard InChI is InChI=1S/C4H3N5O6/c1-2-3(7(10)11)4(8(12)13)6(5-2)9(14)15/h1H3. The van der Waals surface area contributed by atoms with Gasteiger partial charge in [-0.1, -0.05) is 0 Å². The van der Waals surface area contributed by atoms with Gasteiger partial charge in [-0.15, -0.1) is 0 Å². The van der Waals surface area contributed by atoms with Crippen molar-refractivity contribution in [1.29, 1.82) is 0 Å². The number of hydrogen-bond donors (Lipinski definition) is 0. The van der Waals surface area contributed by atoms with Crippen molar-refractivity contribution in [3.8, 4) is 0 Å². The van der Waals surface area contributed by atoms with Crippen LogP contribution in [-0.2, 0) is 0 Å². The lowest BCUT2D eigenvalue weighted by Crippen LogP contribution is -2.13. The second-order valence-electron chi connectivity index (χ2n) is 2.40. The van der Waals surface area contributed by atoms with Gasteiger partial charge in [-0.2, -0.15) is 0 Å². The molecule has 0 saturated carbocycles. The monoisotopic (exact) mass is 217 g/mol. The van der Waals surface area contributed by atoms with Crippen LogP contribution in [0.2, 0.25) is 0 Å². The number of aryl methyl sites for hydroxylation is 1. The summed E-state index contributed by atoms with van der Waals surface area (Å²) in [7, 11) is 0. The molecule has 0 aromatic carbocycles. The van der Waals surface area contributed by atoms with Crippen molar-refractivity contribution in [2.45, 2.75) is 6.92 Å². The Morgan fingerprint density at radius 3 is 2.00 bits per heavy atom. The highest BCUT2D eigenvalue weighted by Crippen LogP contribution is 2.29. The smallest absolute Gasteiger partial charge is 0.358 e. The Hall–Kier alpha value is -2.59. The van der Waals surface area contributed by atoms with E-state index in [0.29, 0.717) is 0 Å². The lowest BCUT2D eigenvalue weighted by molar-refractivity contribution is -0.571. The molecule has 0 unspecified atom stereocenters. The zero-order chi connectivity index (χ0) is 11.7. The van der Waals surface area contributed by atoms with Gasteiger partial charge in [-0.25, -0.2) is 0 Å². The fourth-order valence-corrected chi connectivity index (χ4v) is 0.980. The van der Waals surface area contributed by atoms with Crippen molar-refractivity contribution < 1.29 is 14.9 Å². The van der Waals surface area contributed by atoms with Gasteiger partial charge in [0.25, 0.3) is 5.69 Å². The summed E-state index contributed by atoms with van der Waals surface area (Å²) in [5.41, 5.74) is -1.36. The maximum Gasteiger partial charge on any atom is 0.498 e. The normalized spacial score (nSPS) is 9.93. The van der Waals surface area contributed by atoms with Crippen LogP contribution in [0.5, 0.6) is 0 Å². The van der Waals surface area contributed by atoms with Crippen LogP contribution in [0.15, 0.2) is 0 Å². The van der Waals surface area contributed by atoms with Crippen LogP contribution in [0.1, 0.15) is 5.69 Å². The lowest BCUT2D eigenvalue weighted by Gasteiger charge is -1.90. The van der Waals surface area contributed by atoms with Gasteiger partial charge in [-0.3, -0.25) is 10.1 Å². The average molecular weight is 217 g/mol. The van der Waals surface area contributed by atoms with Gasteiger partial charge >= 0.3 is 11.5 Å². The van der Waals surface area contributed by atoms with E-state index in [4.69, 9.17) is 0 Å². The number of nitrogens with zero attached hydrogens (tertiary/aromatic N) is 5. The fourth-order valence-electron chi connectivity index (χ4n) is 0.980. The van der Waals surface area contributed by atoms with Gasteiger partial charge in [0.15, 0.2) is 9.89 Å². The molecule has 0 atom stereocenters. The number of rotatable bonds is 3. The third-order valence-electron chi connectivity index (χ3n) is 1.50. The Labute approximate surface area is 80.3 Å². The lowest BCUT2D eigenvalue weighted by atomic mass is 10.4. The molecule has 0 bridgehead atoms. The van der Waals surface area contributed by atoms with Gasteiger partial charge < -0.3 is 20.2 Å². The van der Waals surface area contributed by atoms with Gasteiger partial charge in [0.1, 0.15) is 5.03 Å². The number of aromatic nitrogens is 2. The molecule has 0 fully saturated rings. The Balaban J connectivity index is 3.59. The topological polar surface area (TPSA) is 147 Å². The van der Waals surface area contributed by atoms with Crippen LogP contribution in [0, 0.1) is 37.3 Å². The average Bonchev–Trinajstić information content (AvgIpc) is 2.42. The first-order valence-corrected chi connectivity index (χ1v) is 3.39. The first-order valence-electron chi connectivity index (χ1n) is 3.39. The minimum Gasteiger partial charge on any atom is -0.358 e. The maximum atomic E-state index is 10.4. The number of nitro groups is 3. The first-order chi connectivity index (χ1) is 6.86. The molecule has 0 aliphatic rings. The summed E-state index contributed by atoms with van der Waals surface area (Å²) in [6.07, 6.45) is 0. The van der Waals surface area contributed by atoms with Crippen molar-refractivity contribution in [2.75, 3.05) is 0 Å². The predicted octanol–water partition coefficient (Wildman–Crippen LogP) is 0.0477. The Kier molecular flexibility index (Phi) is 2.30. The minimum absolute atomic E-state index is 0.229. The molecular formula is C4H3N5O6. The van der Waals surface area contributed by atoms with Crippen molar-refractivity contribution >= 4 is 11.5 Å². The molecular weight excluding hydrogens is 214 g/mol. The van der Waals surface area contributed by atoms with Crippen LogP contribution in [0.25, 0.3) is 0 Å². The molecule has 0 aliphatic carbocycles. The molecule has 1 rings (SSSR count). The summed E-state index contributed by atoms with van der Waals surface area (Å²) in [6.45, 7) is 1.07. The molecule has 15 heavy (non-hydrogen) atoms. The molecule has 11 nitrogen and oxygen atoms in total. The van der Waals surface area contributed by atoms with Gasteiger partial charge in [-0.05, 0) is 4.92 Å². The third-order valence-corrected chi connectivity index (χ3v) is 1.50. The van der Waals surface area contributed by atoms with Crippen LogP contribution in [0.3, 0.4) is 0 Å². The molecule has 0 radical (unpaired) electrons. The van der Waals surface area contributed by atoms with Crippen molar-refractivity contribution in [3.63, 3.8) is 0 Å². The Morgan fingerprint density at radius 1 is 1.13 bits per heavy atom. The van der Waals surface area contributed by atoms with E-state index in [9.17, 15) is 30.3 Å². The number of hydrogen-bond acceptors (Lipinski definition) is 7. The summed E-state index contributed by atoms with van der Waals surface area (Å²) < 4.78 is 0. The minimum atomic E-state index is -1.26. The van der Waals surface area contributed by atoms with Crippen LogP contribution < -0.4 is 0 Å². The molecule has 0 N–H and O–H groups in total. The van der Waals surface area contributed by atoms with E-state index in [1.54, 1.807) is 0 Å². The Morgan fingerprint density at radius 2 is 1.67 bits per heavy atom. The molecule has 11 heteroatoms. The van der Waals surface area contributed by atoms with Gasteiger partial charge in [0.05, 0.1) is 4.92 Å². The summed E-state index contributed by atoms with van der Waals surface area (Å²) in [5.74, 6) is -1.26. The maximum absolute atomic E-state index is 10.4. The molecule has 0 amide bonds. The van der Waals surface area contributed by atoms with Gasteiger partial charge in [0, 0.05) is 6.92 Å². The van der Waals surface area contributed by atoms with Crippen LogP contribution in [0.4, 0.5) is 11.5 Å². The predicted molar refractivity (Wildman–Crippen MR) is 42.7 cm³/mol. The Bertz CT molecular complexity index is 462. The van der Waals surface area contributed by atoms with E-state index in [0.717, 1.165) is 6.92 Å². The molecule has 80 valence electrons. The molecule has 1 aromatic rings. The second-order valence-corrected chi connectivity index (χ2v) is 2.40. The van der Waals surface area contributed by atoms with E-state index in [1.165, 1.54) is 0 Å². The molecule has 0 saturated heterocycles. The van der Waals surface area contributed by atoms with Crippen molar-refractivity contribution in [3.05, 3.63) is 36.0 Å². The van der Waals surface area contributed by atoms with E-state index in [2.05, 4.69) is 5.10 Å². The highest BCUT2D eigenvalue weighted by Gasteiger charge is 2.43. The van der Waals surface area contributed by atoms with Crippen molar-refractivity contribution in [1.82, 2.24) is 9.89 Å². The molecule has 0 aliphatic heterocycles. The SMILES string of the molecule is Cc1nn([N+](=O)[O-])c([N+](=O)[O-])c1[N+](=O)[O-]. The van der Waals surface area contributed by atoms with Crippen LogP contribution >= 0.6 is 0 Å². The molecule has 1 aromatic heterocycles. The second kappa shape index (κ2) is 3.28. The third kappa shape index (κ3) is 1.56. The van der Waals surface area contributed by atoms with Gasteiger partial charge in [0.2, 0.25) is 0 Å². The summed E-state index contributed by atoms with van der Waals surface area (Å²) in [4.78, 5) is 28.6. The zero-order valence-electron chi connectivity index (χ0n) is 7.19. The largest absolute Gasteiger partial charge is 0.498 e. The summed E-state index contributed by atoms with van der Waals surface area (Å²) in [6, 6.07) is 0. The summed E-state index contributed by atoms with van der Waals surface area (Å²) in [5, 5.41) is 33.0. The zero-order valence-corrected chi connectivity index (χ0v) is 7.19. The quantitative estimate of drug-likeness (QED) is 0.512. The van der Waals surface area contributed by atoms with Crippen molar-refractivity contribution in [2.24, 2.45) is 0 Å². The molecule has 1 heterocycles. The fraction of sp³-hybridized carbons (Fsp3) is 0.250. The van der Waals surface area contributed by atoms with Crippen LogP contribution in [-0.4, -0.2) is 24.8 Å².